The molecule has 0 bridgehead atoms. The zero-order chi connectivity index (χ0) is 13.4. The maximum absolute atomic E-state index is 4.71. The van der Waals surface area contributed by atoms with Crippen molar-refractivity contribution in [2.45, 2.75) is 12.3 Å². The smallest absolute Gasteiger partial charge is 0.177 e. The molecule has 1 saturated heterocycles. The second kappa shape index (κ2) is 4.68. The topological polar surface area (TPSA) is 55.1 Å². The van der Waals surface area contributed by atoms with E-state index in [1.165, 1.54) is 0 Å². The average Bonchev–Trinajstić information content (AvgIpc) is 3.16. The van der Waals surface area contributed by atoms with E-state index < -0.39 is 0 Å². The quantitative estimate of drug-likeness (QED) is 0.768. The molecular formula is C15H15N5. The van der Waals surface area contributed by atoms with Crippen molar-refractivity contribution in [2.75, 3.05) is 13.1 Å². The molecule has 1 N–H and O–H groups in total. The Morgan fingerprint density at radius 1 is 1.05 bits per heavy atom. The third-order valence-electron chi connectivity index (χ3n) is 3.78. The average molecular weight is 265 g/mol. The van der Waals surface area contributed by atoms with E-state index in [1.54, 1.807) is 0 Å². The van der Waals surface area contributed by atoms with Crippen molar-refractivity contribution in [2.24, 2.45) is 0 Å². The summed E-state index contributed by atoms with van der Waals surface area (Å²) in [6.45, 7) is 2.00. The van der Waals surface area contributed by atoms with Crippen molar-refractivity contribution in [3.05, 3.63) is 48.3 Å². The predicted octanol–water partition coefficient (Wildman–Crippen LogP) is 1.87. The Morgan fingerprint density at radius 2 is 1.95 bits per heavy atom. The van der Waals surface area contributed by atoms with Crippen molar-refractivity contribution >= 4 is 5.65 Å². The molecule has 5 nitrogen and oxygen atoms in total. The van der Waals surface area contributed by atoms with E-state index >= 15 is 0 Å². The standard InChI is InChI=1S/C15H15N5/c1-2-4-11(5-3-1)13-6-7-14-17-18-15(20(14)19-13)12-8-9-16-10-12/h1-7,12,16H,8-10H2/t12-/m1/s1. The van der Waals surface area contributed by atoms with Gasteiger partial charge in [-0.2, -0.15) is 9.61 Å². The van der Waals surface area contributed by atoms with Gasteiger partial charge in [-0.3, -0.25) is 0 Å². The van der Waals surface area contributed by atoms with Crippen LogP contribution in [0.1, 0.15) is 18.2 Å². The van der Waals surface area contributed by atoms with Crippen LogP contribution in [0.4, 0.5) is 0 Å². The molecule has 0 amide bonds. The number of fused-ring (bicyclic) bond motifs is 1. The molecule has 4 rings (SSSR count). The van der Waals surface area contributed by atoms with E-state index in [1.807, 2.05) is 34.8 Å². The summed E-state index contributed by atoms with van der Waals surface area (Å²) in [6, 6.07) is 14.2. The summed E-state index contributed by atoms with van der Waals surface area (Å²) >= 11 is 0. The van der Waals surface area contributed by atoms with Gasteiger partial charge in [-0.25, -0.2) is 0 Å². The first-order chi connectivity index (χ1) is 9.92. The molecule has 0 unspecified atom stereocenters. The second-order valence-corrected chi connectivity index (χ2v) is 5.10. The molecular weight excluding hydrogens is 250 g/mol. The van der Waals surface area contributed by atoms with E-state index in [-0.39, 0.29) is 0 Å². The van der Waals surface area contributed by atoms with Crippen LogP contribution in [0.15, 0.2) is 42.5 Å². The first-order valence-corrected chi connectivity index (χ1v) is 6.90. The van der Waals surface area contributed by atoms with Gasteiger partial charge in [0, 0.05) is 18.0 Å². The molecule has 5 heteroatoms. The minimum absolute atomic E-state index is 0.406. The minimum Gasteiger partial charge on any atom is -0.316 e. The van der Waals surface area contributed by atoms with Crippen molar-refractivity contribution in [3.8, 4) is 11.3 Å². The van der Waals surface area contributed by atoms with Crippen LogP contribution < -0.4 is 5.32 Å². The lowest BCUT2D eigenvalue weighted by Crippen LogP contribution is -2.11. The lowest BCUT2D eigenvalue weighted by molar-refractivity contribution is 0.668. The van der Waals surface area contributed by atoms with Crippen LogP contribution in [0.2, 0.25) is 0 Å². The normalized spacial score (nSPS) is 18.7. The van der Waals surface area contributed by atoms with Gasteiger partial charge in [0.2, 0.25) is 0 Å². The number of aromatic nitrogens is 4. The third kappa shape index (κ3) is 1.87. The van der Waals surface area contributed by atoms with Crippen molar-refractivity contribution in [3.63, 3.8) is 0 Å². The van der Waals surface area contributed by atoms with Gasteiger partial charge in [-0.05, 0) is 25.1 Å². The fourth-order valence-electron chi connectivity index (χ4n) is 2.70. The van der Waals surface area contributed by atoms with Gasteiger partial charge in [0.05, 0.1) is 5.69 Å². The fraction of sp³-hybridized carbons (Fsp3) is 0.267. The zero-order valence-electron chi connectivity index (χ0n) is 11.0. The highest BCUT2D eigenvalue weighted by atomic mass is 15.4. The van der Waals surface area contributed by atoms with Gasteiger partial charge in [-0.15, -0.1) is 10.2 Å². The molecule has 3 aromatic rings. The van der Waals surface area contributed by atoms with Gasteiger partial charge in [0.1, 0.15) is 0 Å². The molecule has 1 aliphatic heterocycles. The Morgan fingerprint density at radius 3 is 2.75 bits per heavy atom. The van der Waals surface area contributed by atoms with Crippen LogP contribution in [-0.4, -0.2) is 32.9 Å². The summed E-state index contributed by atoms with van der Waals surface area (Å²) in [5.74, 6) is 1.37. The minimum atomic E-state index is 0.406. The van der Waals surface area contributed by atoms with Crippen molar-refractivity contribution in [1.82, 2.24) is 25.1 Å². The van der Waals surface area contributed by atoms with Gasteiger partial charge in [-0.1, -0.05) is 30.3 Å². The molecule has 2 aromatic heterocycles. The Labute approximate surface area is 116 Å². The summed E-state index contributed by atoms with van der Waals surface area (Å²) in [4.78, 5) is 0. The van der Waals surface area contributed by atoms with Crippen LogP contribution in [0.5, 0.6) is 0 Å². The number of nitrogens with one attached hydrogen (secondary N) is 1. The number of benzene rings is 1. The number of nitrogens with zero attached hydrogens (tertiary/aromatic N) is 4. The molecule has 0 aliphatic carbocycles. The van der Waals surface area contributed by atoms with Crippen molar-refractivity contribution < 1.29 is 0 Å². The molecule has 1 fully saturated rings. The molecule has 0 spiro atoms. The van der Waals surface area contributed by atoms with Gasteiger partial charge in [0.25, 0.3) is 0 Å². The molecule has 1 aliphatic rings. The maximum atomic E-state index is 4.71. The molecule has 3 heterocycles. The predicted molar refractivity (Wildman–Crippen MR) is 76.4 cm³/mol. The fourth-order valence-corrected chi connectivity index (χ4v) is 2.70. The summed E-state index contributed by atoms with van der Waals surface area (Å²) in [6.07, 6.45) is 1.10. The first kappa shape index (κ1) is 11.5. The summed E-state index contributed by atoms with van der Waals surface area (Å²) in [5, 5.41) is 16.6. The number of hydrogen-bond donors (Lipinski definition) is 1. The van der Waals surface area contributed by atoms with Crippen LogP contribution in [0.25, 0.3) is 16.9 Å². The summed E-state index contributed by atoms with van der Waals surface area (Å²) in [5.41, 5.74) is 2.87. The van der Waals surface area contributed by atoms with E-state index in [9.17, 15) is 0 Å². The van der Waals surface area contributed by atoms with Crippen LogP contribution in [0.3, 0.4) is 0 Å². The monoisotopic (exact) mass is 265 g/mol. The van der Waals surface area contributed by atoms with Gasteiger partial charge in [0.15, 0.2) is 11.5 Å². The van der Waals surface area contributed by atoms with E-state index in [0.717, 1.165) is 42.2 Å². The Kier molecular flexibility index (Phi) is 2.70. The third-order valence-corrected chi connectivity index (χ3v) is 3.78. The molecule has 0 radical (unpaired) electrons. The Bertz CT molecular complexity index is 728. The lowest BCUT2D eigenvalue weighted by atomic mass is 10.1. The van der Waals surface area contributed by atoms with E-state index in [2.05, 4.69) is 27.6 Å². The van der Waals surface area contributed by atoms with E-state index in [4.69, 9.17) is 5.10 Å². The summed E-state index contributed by atoms with van der Waals surface area (Å²) < 4.78 is 1.89. The Balaban J connectivity index is 1.83. The van der Waals surface area contributed by atoms with Crippen LogP contribution in [0, 0.1) is 0 Å². The highest BCUT2D eigenvalue weighted by Crippen LogP contribution is 2.22. The highest BCUT2D eigenvalue weighted by molar-refractivity contribution is 5.59. The first-order valence-electron chi connectivity index (χ1n) is 6.90. The SMILES string of the molecule is c1ccc(-c2ccc3nnc([C@@H]4CCNC4)n3n2)cc1. The second-order valence-electron chi connectivity index (χ2n) is 5.10. The summed E-state index contributed by atoms with van der Waals surface area (Å²) in [7, 11) is 0. The number of hydrogen-bond acceptors (Lipinski definition) is 4. The van der Waals surface area contributed by atoms with E-state index in [0.29, 0.717) is 5.92 Å². The molecule has 0 saturated carbocycles. The van der Waals surface area contributed by atoms with Crippen LogP contribution in [-0.2, 0) is 0 Å². The van der Waals surface area contributed by atoms with Crippen molar-refractivity contribution in [1.29, 1.82) is 0 Å². The maximum Gasteiger partial charge on any atom is 0.177 e. The Hall–Kier alpha value is -2.27. The van der Waals surface area contributed by atoms with Gasteiger partial charge < -0.3 is 5.32 Å². The largest absolute Gasteiger partial charge is 0.316 e. The van der Waals surface area contributed by atoms with Crippen LogP contribution >= 0.6 is 0 Å². The molecule has 20 heavy (non-hydrogen) atoms. The number of rotatable bonds is 2. The molecule has 1 atom stereocenters. The van der Waals surface area contributed by atoms with Gasteiger partial charge >= 0.3 is 0 Å². The highest BCUT2D eigenvalue weighted by Gasteiger charge is 2.22. The lowest BCUT2D eigenvalue weighted by Gasteiger charge is -2.06. The molecule has 100 valence electrons. The molecule has 1 aromatic carbocycles. The zero-order valence-corrected chi connectivity index (χ0v) is 11.0.